The van der Waals surface area contributed by atoms with Crippen molar-refractivity contribution >= 4 is 0 Å². The first kappa shape index (κ1) is 14.6. The lowest BCUT2D eigenvalue weighted by Crippen LogP contribution is -2.25. The van der Waals surface area contributed by atoms with E-state index in [2.05, 4.69) is 10.3 Å². The molecule has 2 atom stereocenters. The fraction of sp³-hybridized carbons (Fsp3) is 0.357. The molecule has 108 valence electrons. The number of aliphatic hydroxyl groups is 1. The number of aryl methyl sites for hydroxylation is 1. The van der Waals surface area contributed by atoms with E-state index in [1.54, 1.807) is 13.1 Å². The van der Waals surface area contributed by atoms with Gasteiger partial charge < -0.3 is 14.8 Å². The summed E-state index contributed by atoms with van der Waals surface area (Å²) in [6.07, 6.45) is 0.669. The van der Waals surface area contributed by atoms with Gasteiger partial charge in [0, 0.05) is 6.54 Å². The van der Waals surface area contributed by atoms with Gasteiger partial charge in [-0.1, -0.05) is 6.07 Å². The van der Waals surface area contributed by atoms with Crippen LogP contribution in [-0.2, 0) is 0 Å². The Labute approximate surface area is 115 Å². The zero-order valence-electron chi connectivity index (χ0n) is 11.2. The largest absolute Gasteiger partial charge is 0.444 e. The van der Waals surface area contributed by atoms with Crippen LogP contribution in [-0.4, -0.2) is 16.6 Å². The predicted octanol–water partition coefficient (Wildman–Crippen LogP) is 2.65. The first-order valence-corrected chi connectivity index (χ1v) is 6.26. The first-order chi connectivity index (χ1) is 9.47. The molecule has 0 fully saturated rings. The van der Waals surface area contributed by atoms with Gasteiger partial charge in [0.25, 0.3) is 0 Å². The Morgan fingerprint density at radius 2 is 2.10 bits per heavy atom. The van der Waals surface area contributed by atoms with E-state index in [9.17, 15) is 13.9 Å². The highest BCUT2D eigenvalue weighted by Gasteiger charge is 2.15. The number of halogens is 2. The molecular weight excluding hydrogens is 266 g/mol. The zero-order valence-corrected chi connectivity index (χ0v) is 11.2. The van der Waals surface area contributed by atoms with Crippen molar-refractivity contribution in [2.24, 2.45) is 0 Å². The van der Waals surface area contributed by atoms with Gasteiger partial charge in [0.15, 0.2) is 11.6 Å². The van der Waals surface area contributed by atoms with Gasteiger partial charge in [0.1, 0.15) is 5.76 Å². The Morgan fingerprint density at radius 3 is 2.70 bits per heavy atom. The zero-order chi connectivity index (χ0) is 14.7. The molecule has 4 nitrogen and oxygen atoms in total. The number of nitrogens with zero attached hydrogens (tertiary/aromatic N) is 1. The molecule has 2 rings (SSSR count). The summed E-state index contributed by atoms with van der Waals surface area (Å²) >= 11 is 0. The Kier molecular flexibility index (Phi) is 4.46. The van der Waals surface area contributed by atoms with Crippen molar-refractivity contribution in [1.29, 1.82) is 0 Å². The maximum Gasteiger partial charge on any atom is 0.211 e. The maximum absolute atomic E-state index is 13.1. The molecule has 0 radical (unpaired) electrons. The highest BCUT2D eigenvalue weighted by atomic mass is 19.2. The van der Waals surface area contributed by atoms with Crippen LogP contribution in [0.25, 0.3) is 0 Å². The van der Waals surface area contributed by atoms with Crippen LogP contribution in [0, 0.1) is 18.6 Å². The molecule has 0 bridgehead atoms. The summed E-state index contributed by atoms with van der Waals surface area (Å²) in [4.78, 5) is 4.07. The Bertz CT molecular complexity index is 586. The molecule has 2 N–H and O–H groups in total. The fourth-order valence-electron chi connectivity index (χ4n) is 1.79. The highest BCUT2D eigenvalue weighted by molar-refractivity contribution is 5.20. The molecule has 0 amide bonds. The van der Waals surface area contributed by atoms with E-state index in [4.69, 9.17) is 4.42 Å². The second-order valence-corrected chi connectivity index (χ2v) is 4.63. The topological polar surface area (TPSA) is 58.3 Å². The minimum atomic E-state index is -0.974. The van der Waals surface area contributed by atoms with Gasteiger partial charge in [-0.2, -0.15) is 0 Å². The smallest absolute Gasteiger partial charge is 0.211 e. The molecular formula is C14H16F2N2O2. The number of hydrogen-bond acceptors (Lipinski definition) is 4. The lowest BCUT2D eigenvalue weighted by Gasteiger charge is -2.15. The highest BCUT2D eigenvalue weighted by Crippen LogP contribution is 2.17. The molecule has 1 aromatic heterocycles. The van der Waals surface area contributed by atoms with Crippen molar-refractivity contribution in [2.75, 3.05) is 6.54 Å². The number of oxazole rings is 1. The van der Waals surface area contributed by atoms with E-state index in [0.29, 0.717) is 17.2 Å². The number of rotatable bonds is 5. The summed E-state index contributed by atoms with van der Waals surface area (Å²) in [5.74, 6) is -0.690. The first-order valence-electron chi connectivity index (χ1n) is 6.26. The summed E-state index contributed by atoms with van der Waals surface area (Å²) < 4.78 is 31.2. The van der Waals surface area contributed by atoms with Crippen LogP contribution in [0.4, 0.5) is 8.78 Å². The summed E-state index contributed by atoms with van der Waals surface area (Å²) in [5, 5.41) is 13.0. The van der Waals surface area contributed by atoms with Gasteiger partial charge in [-0.05, 0) is 31.5 Å². The van der Waals surface area contributed by atoms with Crippen molar-refractivity contribution in [3.05, 3.63) is 53.2 Å². The molecule has 2 unspecified atom stereocenters. The van der Waals surface area contributed by atoms with E-state index in [-0.39, 0.29) is 12.6 Å². The van der Waals surface area contributed by atoms with Gasteiger partial charge >= 0.3 is 0 Å². The second-order valence-electron chi connectivity index (χ2n) is 4.63. The molecule has 0 saturated heterocycles. The van der Waals surface area contributed by atoms with E-state index in [0.717, 1.165) is 12.1 Å². The van der Waals surface area contributed by atoms with Crippen LogP contribution >= 0.6 is 0 Å². The quantitative estimate of drug-likeness (QED) is 0.885. The number of aromatic nitrogens is 1. The Hall–Kier alpha value is -1.79. The Morgan fingerprint density at radius 1 is 1.35 bits per heavy atom. The molecule has 1 heterocycles. The van der Waals surface area contributed by atoms with Gasteiger partial charge in [0.05, 0.1) is 18.3 Å². The van der Waals surface area contributed by atoms with Gasteiger partial charge in [0.2, 0.25) is 5.89 Å². The maximum atomic E-state index is 13.1. The van der Waals surface area contributed by atoms with Crippen molar-refractivity contribution < 1.29 is 18.3 Å². The third kappa shape index (κ3) is 3.40. The van der Waals surface area contributed by atoms with Gasteiger partial charge in [-0.25, -0.2) is 13.8 Å². The van der Waals surface area contributed by atoms with Crippen LogP contribution in [0.2, 0.25) is 0 Å². The standard InChI is InChI=1S/C14H16F2N2O2/c1-8-6-18-14(20-8)9(2)17-7-13(19)10-3-4-11(15)12(16)5-10/h3-6,9,13,17,19H,7H2,1-2H3. The number of aliphatic hydroxyl groups excluding tert-OH is 1. The van der Waals surface area contributed by atoms with Crippen molar-refractivity contribution in [3.63, 3.8) is 0 Å². The predicted molar refractivity (Wildman–Crippen MR) is 69.0 cm³/mol. The van der Waals surface area contributed by atoms with E-state index >= 15 is 0 Å². The lowest BCUT2D eigenvalue weighted by atomic mass is 10.1. The molecule has 0 aliphatic rings. The van der Waals surface area contributed by atoms with Crippen LogP contribution in [0.1, 0.15) is 36.3 Å². The summed E-state index contributed by atoms with van der Waals surface area (Å²) in [7, 11) is 0. The minimum absolute atomic E-state index is 0.174. The number of benzene rings is 1. The molecule has 0 aliphatic heterocycles. The third-order valence-electron chi connectivity index (χ3n) is 2.96. The molecule has 20 heavy (non-hydrogen) atoms. The summed E-state index contributed by atoms with van der Waals surface area (Å²) in [6.45, 7) is 3.80. The van der Waals surface area contributed by atoms with Crippen LogP contribution < -0.4 is 5.32 Å². The lowest BCUT2D eigenvalue weighted by molar-refractivity contribution is 0.168. The van der Waals surface area contributed by atoms with Crippen molar-refractivity contribution in [1.82, 2.24) is 10.3 Å². The average Bonchev–Trinajstić information content (AvgIpc) is 2.85. The van der Waals surface area contributed by atoms with Crippen LogP contribution in [0.5, 0.6) is 0 Å². The third-order valence-corrected chi connectivity index (χ3v) is 2.96. The van der Waals surface area contributed by atoms with Crippen LogP contribution in [0.15, 0.2) is 28.8 Å². The van der Waals surface area contributed by atoms with Crippen LogP contribution in [0.3, 0.4) is 0 Å². The van der Waals surface area contributed by atoms with E-state index in [1.165, 1.54) is 6.07 Å². The molecule has 2 aromatic rings. The van der Waals surface area contributed by atoms with Gasteiger partial charge in [-0.15, -0.1) is 0 Å². The van der Waals surface area contributed by atoms with E-state index in [1.807, 2.05) is 6.92 Å². The molecule has 0 saturated carbocycles. The van der Waals surface area contributed by atoms with Gasteiger partial charge in [-0.3, -0.25) is 0 Å². The fourth-order valence-corrected chi connectivity index (χ4v) is 1.79. The van der Waals surface area contributed by atoms with Crippen molar-refractivity contribution in [2.45, 2.75) is 26.0 Å². The minimum Gasteiger partial charge on any atom is -0.444 e. The second kappa shape index (κ2) is 6.11. The number of nitrogens with one attached hydrogen (secondary N) is 1. The molecule has 6 heteroatoms. The summed E-state index contributed by atoms with van der Waals surface area (Å²) in [5.41, 5.74) is 0.312. The number of hydrogen-bond donors (Lipinski definition) is 2. The molecule has 1 aromatic carbocycles. The molecule has 0 spiro atoms. The molecule has 0 aliphatic carbocycles. The monoisotopic (exact) mass is 282 g/mol. The SMILES string of the molecule is Cc1cnc(C(C)NCC(O)c2ccc(F)c(F)c2)o1. The average molecular weight is 282 g/mol. The van der Waals surface area contributed by atoms with E-state index < -0.39 is 17.7 Å². The van der Waals surface area contributed by atoms with Crippen molar-refractivity contribution in [3.8, 4) is 0 Å². The summed E-state index contributed by atoms with van der Waals surface area (Å²) in [6, 6.07) is 3.14. The Balaban J connectivity index is 1.94. The normalized spacial score (nSPS) is 14.2.